The summed E-state index contributed by atoms with van der Waals surface area (Å²) in [4.78, 5) is 11.1. The van der Waals surface area contributed by atoms with E-state index >= 15 is 0 Å². The van der Waals surface area contributed by atoms with Crippen LogP contribution in [-0.4, -0.2) is 23.8 Å². The predicted octanol–water partition coefficient (Wildman–Crippen LogP) is 3.94. The van der Waals surface area contributed by atoms with Crippen molar-refractivity contribution in [1.82, 2.24) is 0 Å². The van der Waals surface area contributed by atoms with Gasteiger partial charge in [0.15, 0.2) is 0 Å². The van der Waals surface area contributed by atoms with Crippen molar-refractivity contribution in [3.63, 3.8) is 0 Å². The van der Waals surface area contributed by atoms with E-state index in [1.165, 1.54) is 18.1 Å². The van der Waals surface area contributed by atoms with E-state index in [0.29, 0.717) is 0 Å². The number of carbonyl (C=O) groups excluding carboxylic acids is 1. The van der Waals surface area contributed by atoms with Crippen molar-refractivity contribution in [2.75, 3.05) is 6.61 Å². The molecule has 0 aliphatic heterocycles. The Morgan fingerprint density at radius 3 is 2.25 bits per heavy atom. The van der Waals surface area contributed by atoms with Gasteiger partial charge in [-0.1, -0.05) is 28.9 Å². The van der Waals surface area contributed by atoms with Crippen LogP contribution in [0.1, 0.15) is 53.9 Å². The van der Waals surface area contributed by atoms with Crippen LogP contribution < -0.4 is 0 Å². The molecule has 0 aliphatic carbocycles. The van der Waals surface area contributed by atoms with Crippen molar-refractivity contribution in [1.29, 1.82) is 0 Å². The van der Waals surface area contributed by atoms with Gasteiger partial charge < -0.3 is 9.84 Å². The summed E-state index contributed by atoms with van der Waals surface area (Å²) in [6, 6.07) is 0. The summed E-state index contributed by atoms with van der Waals surface area (Å²) in [6.07, 6.45) is 8.42. The predicted molar refractivity (Wildman–Crippen MR) is 83.4 cm³/mol. The molecule has 0 aromatic heterocycles. The van der Waals surface area contributed by atoms with Crippen LogP contribution in [0.25, 0.3) is 0 Å². The summed E-state index contributed by atoms with van der Waals surface area (Å²) in [5, 5.41) is 8.79. The second-order valence-corrected chi connectivity index (χ2v) is 5.42. The zero-order valence-corrected chi connectivity index (χ0v) is 13.4. The Kier molecular flexibility index (Phi) is 9.73. The molecule has 114 valence electrons. The third-order valence-electron chi connectivity index (χ3n) is 2.83. The van der Waals surface area contributed by atoms with E-state index in [1.54, 1.807) is 0 Å². The maximum Gasteiger partial charge on any atom is 0.303 e. The zero-order valence-electron chi connectivity index (χ0n) is 13.4. The van der Waals surface area contributed by atoms with Gasteiger partial charge >= 0.3 is 5.97 Å². The molecule has 0 saturated heterocycles. The van der Waals surface area contributed by atoms with Crippen molar-refractivity contribution in [3.8, 4) is 0 Å². The molecule has 0 saturated carbocycles. The molecule has 0 radical (unpaired) electrons. The normalized spacial score (nSPS) is 13.9. The van der Waals surface area contributed by atoms with Gasteiger partial charge in [0.25, 0.3) is 0 Å². The van der Waals surface area contributed by atoms with Crippen LogP contribution >= 0.6 is 0 Å². The third kappa shape index (κ3) is 10.6. The highest BCUT2D eigenvalue weighted by Crippen LogP contribution is 2.14. The first kappa shape index (κ1) is 18.7. The van der Waals surface area contributed by atoms with Gasteiger partial charge in [-0.3, -0.25) is 4.79 Å². The second kappa shape index (κ2) is 10.4. The first-order chi connectivity index (χ1) is 9.35. The number of hydrogen-bond acceptors (Lipinski definition) is 3. The fraction of sp³-hybridized carbons (Fsp3) is 0.588. The lowest BCUT2D eigenvalue weighted by molar-refractivity contribution is -0.144. The number of aliphatic hydroxyl groups is 1. The molecule has 1 atom stereocenters. The van der Waals surface area contributed by atoms with Crippen molar-refractivity contribution >= 4 is 5.97 Å². The lowest BCUT2D eigenvalue weighted by atomic mass is 10.0. The Morgan fingerprint density at radius 2 is 1.75 bits per heavy atom. The number of rotatable bonds is 8. The average molecular weight is 280 g/mol. The highest BCUT2D eigenvalue weighted by Gasteiger charge is 2.09. The fourth-order valence-electron chi connectivity index (χ4n) is 1.92. The van der Waals surface area contributed by atoms with E-state index in [9.17, 15) is 4.79 Å². The molecule has 3 heteroatoms. The molecule has 20 heavy (non-hydrogen) atoms. The molecule has 1 unspecified atom stereocenters. The van der Waals surface area contributed by atoms with Crippen LogP contribution in [-0.2, 0) is 9.53 Å². The minimum absolute atomic E-state index is 0.101. The summed E-state index contributed by atoms with van der Waals surface area (Å²) in [5.74, 6) is -0.248. The summed E-state index contributed by atoms with van der Waals surface area (Å²) in [7, 11) is 0. The summed E-state index contributed by atoms with van der Waals surface area (Å²) in [6.45, 7) is 9.61. The van der Waals surface area contributed by atoms with Crippen LogP contribution in [0.3, 0.4) is 0 Å². The van der Waals surface area contributed by atoms with E-state index in [0.717, 1.165) is 24.8 Å². The number of hydrogen-bond donors (Lipinski definition) is 1. The van der Waals surface area contributed by atoms with Crippen molar-refractivity contribution in [2.45, 2.75) is 60.0 Å². The topological polar surface area (TPSA) is 46.5 Å². The summed E-state index contributed by atoms with van der Waals surface area (Å²) in [5.41, 5.74) is 3.55. The van der Waals surface area contributed by atoms with E-state index < -0.39 is 0 Å². The quantitative estimate of drug-likeness (QED) is 0.541. The molecule has 0 spiro atoms. The fourth-order valence-corrected chi connectivity index (χ4v) is 1.92. The smallest absolute Gasteiger partial charge is 0.303 e. The molecule has 0 fully saturated rings. The lowest BCUT2D eigenvalue weighted by Gasteiger charge is -2.14. The summed E-state index contributed by atoms with van der Waals surface area (Å²) < 4.78 is 5.30. The van der Waals surface area contributed by atoms with Crippen molar-refractivity contribution in [3.05, 3.63) is 34.9 Å². The lowest BCUT2D eigenvalue weighted by Crippen LogP contribution is -2.14. The SMILES string of the molecule is CC(=O)OC(C=C(C)C)CC(C)=CCCC(C)=CCO. The molecular weight excluding hydrogens is 252 g/mol. The molecule has 0 heterocycles. The molecule has 3 nitrogen and oxygen atoms in total. The van der Waals surface area contributed by atoms with Gasteiger partial charge in [-0.15, -0.1) is 0 Å². The van der Waals surface area contributed by atoms with E-state index in [1.807, 2.05) is 32.9 Å². The van der Waals surface area contributed by atoms with E-state index in [4.69, 9.17) is 9.84 Å². The maximum atomic E-state index is 11.1. The Labute approximate surface area is 123 Å². The molecular formula is C17H28O3. The molecule has 1 N–H and O–H groups in total. The number of aliphatic hydroxyl groups excluding tert-OH is 1. The van der Waals surface area contributed by atoms with Crippen LogP contribution in [0, 0.1) is 0 Å². The van der Waals surface area contributed by atoms with Gasteiger partial charge in [0, 0.05) is 13.3 Å². The number of allylic oxidation sites excluding steroid dienone is 3. The van der Waals surface area contributed by atoms with Crippen LogP contribution in [0.15, 0.2) is 34.9 Å². The number of carbonyl (C=O) groups is 1. The van der Waals surface area contributed by atoms with Crippen LogP contribution in [0.5, 0.6) is 0 Å². The average Bonchev–Trinajstić information content (AvgIpc) is 2.26. The highest BCUT2D eigenvalue weighted by atomic mass is 16.5. The standard InChI is InChI=1S/C17H28O3/c1-13(2)11-17(20-16(5)19)12-15(4)8-6-7-14(3)9-10-18/h8-9,11,17-18H,6-7,10,12H2,1-5H3. The van der Waals surface area contributed by atoms with Crippen LogP contribution in [0.2, 0.25) is 0 Å². The van der Waals surface area contributed by atoms with E-state index in [-0.39, 0.29) is 18.7 Å². The Bertz CT molecular complexity index is 385. The molecule has 0 bridgehead atoms. The molecule has 0 rings (SSSR count). The number of ether oxygens (including phenoxy) is 1. The van der Waals surface area contributed by atoms with Crippen LogP contribution in [0.4, 0.5) is 0 Å². The first-order valence-electron chi connectivity index (χ1n) is 7.09. The van der Waals surface area contributed by atoms with Crippen molar-refractivity contribution < 1.29 is 14.6 Å². The largest absolute Gasteiger partial charge is 0.458 e. The molecule has 0 aromatic rings. The van der Waals surface area contributed by atoms with Gasteiger partial charge in [-0.25, -0.2) is 0 Å². The minimum atomic E-state index is -0.248. The van der Waals surface area contributed by atoms with E-state index in [2.05, 4.69) is 13.0 Å². The monoisotopic (exact) mass is 280 g/mol. The Morgan fingerprint density at radius 1 is 1.10 bits per heavy atom. The van der Waals surface area contributed by atoms with Gasteiger partial charge in [0.1, 0.15) is 6.10 Å². The Balaban J connectivity index is 4.43. The second-order valence-electron chi connectivity index (χ2n) is 5.42. The molecule has 0 aliphatic rings. The Hall–Kier alpha value is -1.35. The van der Waals surface area contributed by atoms with Gasteiger partial charge in [-0.2, -0.15) is 0 Å². The maximum absolute atomic E-state index is 11.1. The summed E-state index contributed by atoms with van der Waals surface area (Å²) >= 11 is 0. The van der Waals surface area contributed by atoms with Gasteiger partial charge in [0.05, 0.1) is 6.61 Å². The minimum Gasteiger partial charge on any atom is -0.458 e. The molecule has 0 aromatic carbocycles. The number of esters is 1. The van der Waals surface area contributed by atoms with Gasteiger partial charge in [-0.05, 0) is 46.6 Å². The highest BCUT2D eigenvalue weighted by molar-refractivity contribution is 5.66. The zero-order chi connectivity index (χ0) is 15.5. The molecule has 0 amide bonds. The van der Waals surface area contributed by atoms with Gasteiger partial charge in [0.2, 0.25) is 0 Å². The third-order valence-corrected chi connectivity index (χ3v) is 2.83. The van der Waals surface area contributed by atoms with Crippen molar-refractivity contribution in [2.24, 2.45) is 0 Å². The first-order valence-corrected chi connectivity index (χ1v) is 7.09.